The van der Waals surface area contributed by atoms with Crippen molar-refractivity contribution in [2.45, 2.75) is 12.7 Å². The van der Waals surface area contributed by atoms with Crippen LogP contribution >= 0.6 is 11.6 Å². The molecule has 0 spiro atoms. The Labute approximate surface area is 184 Å². The second-order valence-corrected chi connectivity index (χ2v) is 8.85. The van der Waals surface area contributed by atoms with Crippen molar-refractivity contribution in [3.05, 3.63) is 89.5 Å². The van der Waals surface area contributed by atoms with E-state index in [1.165, 1.54) is 0 Å². The average molecular weight is 456 g/mol. The molecule has 0 fully saturated rings. The monoisotopic (exact) mass is 455 g/mol. The van der Waals surface area contributed by atoms with E-state index in [9.17, 15) is 8.42 Å². The first-order valence-electron chi connectivity index (χ1n) is 9.25. The van der Waals surface area contributed by atoms with Crippen molar-refractivity contribution in [2.24, 2.45) is 0 Å². The molecule has 2 aromatic carbocycles. The van der Waals surface area contributed by atoms with Crippen LogP contribution < -0.4 is 9.46 Å². The van der Waals surface area contributed by atoms with Crippen LogP contribution in [0.2, 0.25) is 5.02 Å². The predicted octanol–water partition coefficient (Wildman–Crippen LogP) is 4.36. The van der Waals surface area contributed by atoms with Gasteiger partial charge in [-0.25, -0.2) is 13.4 Å². The van der Waals surface area contributed by atoms with Gasteiger partial charge in [0.1, 0.15) is 11.6 Å². The molecule has 4 rings (SSSR count). The predicted molar refractivity (Wildman–Crippen MR) is 118 cm³/mol. The van der Waals surface area contributed by atoms with E-state index in [4.69, 9.17) is 16.3 Å². The molecule has 0 amide bonds. The number of aryl methyl sites for hydroxylation is 1. The highest BCUT2D eigenvalue weighted by atomic mass is 35.5. The topological polar surface area (TPSA) is 99.0 Å². The van der Waals surface area contributed by atoms with Crippen LogP contribution in [-0.4, -0.2) is 28.2 Å². The summed E-state index contributed by atoms with van der Waals surface area (Å²) in [5, 5.41) is 8.69. The smallest absolute Gasteiger partial charge is 0.238 e. The summed E-state index contributed by atoms with van der Waals surface area (Å²) < 4.78 is 34.8. The van der Waals surface area contributed by atoms with Crippen LogP contribution in [0.1, 0.15) is 11.4 Å². The summed E-state index contributed by atoms with van der Waals surface area (Å²) in [6.45, 7) is 1.87. The number of benzene rings is 2. The van der Waals surface area contributed by atoms with Gasteiger partial charge in [-0.15, -0.1) is 10.2 Å². The molecule has 0 unspecified atom stereocenters. The number of nitrogens with zero attached hydrogens (tertiary/aromatic N) is 4. The molecule has 0 radical (unpaired) electrons. The van der Waals surface area contributed by atoms with Gasteiger partial charge in [0, 0.05) is 29.2 Å². The molecule has 8 nitrogen and oxygen atoms in total. The van der Waals surface area contributed by atoms with Crippen molar-refractivity contribution in [1.82, 2.24) is 19.7 Å². The van der Waals surface area contributed by atoms with E-state index >= 15 is 0 Å². The molecule has 2 heterocycles. The largest absolute Gasteiger partial charge is 0.438 e. The van der Waals surface area contributed by atoms with Gasteiger partial charge in [0.15, 0.2) is 5.82 Å². The number of imidazole rings is 1. The summed E-state index contributed by atoms with van der Waals surface area (Å²) in [5.41, 5.74) is 1.03. The number of nitrogens with one attached hydrogen (secondary N) is 1. The zero-order valence-electron chi connectivity index (χ0n) is 16.4. The zero-order chi connectivity index (χ0) is 21.8. The first-order valence-corrected chi connectivity index (χ1v) is 11.3. The van der Waals surface area contributed by atoms with Crippen molar-refractivity contribution in [2.75, 3.05) is 4.72 Å². The summed E-state index contributed by atoms with van der Waals surface area (Å²) >= 11 is 5.92. The van der Waals surface area contributed by atoms with Crippen LogP contribution in [0.15, 0.2) is 73.1 Å². The number of rotatable bonds is 7. The van der Waals surface area contributed by atoms with Crippen LogP contribution in [0.4, 0.5) is 5.69 Å². The van der Waals surface area contributed by atoms with Gasteiger partial charge in [-0.1, -0.05) is 23.7 Å². The highest BCUT2D eigenvalue weighted by molar-refractivity contribution is 7.91. The Hall–Kier alpha value is -3.43. The number of hydrogen-bond donors (Lipinski definition) is 1. The fourth-order valence-electron chi connectivity index (χ4n) is 2.89. The maximum atomic E-state index is 12.4. The Morgan fingerprint density at radius 2 is 1.87 bits per heavy atom. The molecule has 0 saturated heterocycles. The van der Waals surface area contributed by atoms with Crippen LogP contribution in [0.3, 0.4) is 0 Å². The van der Waals surface area contributed by atoms with Crippen molar-refractivity contribution < 1.29 is 13.2 Å². The van der Waals surface area contributed by atoms with Gasteiger partial charge in [-0.2, -0.15) is 0 Å². The molecule has 0 atom stereocenters. The fourth-order valence-corrected chi connectivity index (χ4v) is 4.29. The molecule has 158 valence electrons. The molecule has 10 heteroatoms. The third-order valence-electron chi connectivity index (χ3n) is 4.29. The Balaban J connectivity index is 1.39. The van der Waals surface area contributed by atoms with Crippen molar-refractivity contribution in [3.8, 4) is 17.4 Å². The first kappa shape index (κ1) is 20.8. The van der Waals surface area contributed by atoms with E-state index in [1.54, 1.807) is 77.6 Å². The zero-order valence-corrected chi connectivity index (χ0v) is 18.0. The van der Waals surface area contributed by atoms with Crippen LogP contribution in [0.25, 0.3) is 5.82 Å². The molecule has 2 aromatic heterocycles. The summed E-state index contributed by atoms with van der Waals surface area (Å²) in [5.74, 6) is 2.07. The molecular weight excluding hydrogens is 438 g/mol. The van der Waals surface area contributed by atoms with E-state index in [-0.39, 0.29) is 5.75 Å². The van der Waals surface area contributed by atoms with Crippen molar-refractivity contribution >= 4 is 27.3 Å². The first-order chi connectivity index (χ1) is 14.9. The number of anilines is 1. The second kappa shape index (κ2) is 8.75. The third-order valence-corrected chi connectivity index (χ3v) is 5.79. The number of sulfonamides is 1. The lowest BCUT2D eigenvalue weighted by Gasteiger charge is -2.10. The maximum Gasteiger partial charge on any atom is 0.238 e. The van der Waals surface area contributed by atoms with Gasteiger partial charge in [0.25, 0.3) is 0 Å². The quantitative estimate of drug-likeness (QED) is 0.444. The Kier molecular flexibility index (Phi) is 5.88. The number of hydrogen-bond acceptors (Lipinski definition) is 6. The van der Waals surface area contributed by atoms with Crippen LogP contribution in [0.5, 0.6) is 11.6 Å². The summed E-state index contributed by atoms with van der Waals surface area (Å²) in [6.07, 6.45) is 3.48. The van der Waals surface area contributed by atoms with Crippen LogP contribution in [0, 0.1) is 6.92 Å². The lowest BCUT2D eigenvalue weighted by molar-refractivity contribution is 0.454. The highest BCUT2D eigenvalue weighted by Crippen LogP contribution is 2.23. The van der Waals surface area contributed by atoms with E-state index in [0.29, 0.717) is 33.7 Å². The highest BCUT2D eigenvalue weighted by Gasteiger charge is 2.12. The van der Waals surface area contributed by atoms with E-state index in [2.05, 4.69) is 19.9 Å². The number of aromatic nitrogens is 4. The van der Waals surface area contributed by atoms with Gasteiger partial charge < -0.3 is 4.74 Å². The van der Waals surface area contributed by atoms with Crippen molar-refractivity contribution in [3.63, 3.8) is 0 Å². The Morgan fingerprint density at radius 3 is 2.52 bits per heavy atom. The fraction of sp³-hybridized carbons (Fsp3) is 0.0952. The van der Waals surface area contributed by atoms with Gasteiger partial charge in [0.05, 0.1) is 5.75 Å². The Morgan fingerprint density at radius 1 is 1.06 bits per heavy atom. The van der Waals surface area contributed by atoms with Crippen molar-refractivity contribution in [1.29, 1.82) is 0 Å². The minimum absolute atomic E-state index is 0.176. The minimum atomic E-state index is -3.59. The van der Waals surface area contributed by atoms with Gasteiger partial charge in [-0.3, -0.25) is 9.29 Å². The molecule has 0 aliphatic rings. The minimum Gasteiger partial charge on any atom is -0.438 e. The van der Waals surface area contributed by atoms with E-state index in [1.807, 2.05) is 6.92 Å². The molecule has 0 bridgehead atoms. The molecule has 31 heavy (non-hydrogen) atoms. The second-order valence-electron chi connectivity index (χ2n) is 6.69. The summed E-state index contributed by atoms with van der Waals surface area (Å²) in [4.78, 5) is 4.15. The number of ether oxygens (including phenoxy) is 1. The summed E-state index contributed by atoms with van der Waals surface area (Å²) in [7, 11) is -3.59. The van der Waals surface area contributed by atoms with Gasteiger partial charge in [-0.05, 0) is 55.0 Å². The van der Waals surface area contributed by atoms with E-state index < -0.39 is 10.0 Å². The van der Waals surface area contributed by atoms with Gasteiger partial charge in [0.2, 0.25) is 15.9 Å². The molecule has 0 aliphatic carbocycles. The molecular formula is C21H18ClN5O3S. The molecule has 4 aromatic rings. The Bertz CT molecular complexity index is 1290. The third kappa shape index (κ3) is 5.39. The molecule has 1 N–H and O–H groups in total. The van der Waals surface area contributed by atoms with Crippen LogP contribution in [-0.2, 0) is 15.8 Å². The summed E-state index contributed by atoms with van der Waals surface area (Å²) in [6, 6.07) is 16.7. The lowest BCUT2D eigenvalue weighted by Crippen LogP contribution is -2.15. The molecule has 0 saturated carbocycles. The lowest BCUT2D eigenvalue weighted by atomic mass is 10.2. The van der Waals surface area contributed by atoms with E-state index in [0.717, 1.165) is 5.82 Å². The normalized spacial score (nSPS) is 11.3. The average Bonchev–Trinajstić information content (AvgIpc) is 3.15. The maximum absolute atomic E-state index is 12.4. The SMILES string of the molecule is Cc1nccn1-c1ccc(Oc2ccc(NS(=O)(=O)Cc3cccc(Cl)c3)cc2)nn1. The standard InChI is InChI=1S/C21H18ClN5O3S/c1-15-23-11-12-27(15)20-9-10-21(25-24-20)30-19-7-5-18(6-8-19)26-31(28,29)14-16-3-2-4-17(22)13-16/h2-13,26H,14H2,1H3. The number of halogens is 1. The molecule has 0 aliphatic heterocycles. The van der Waals surface area contributed by atoms with Gasteiger partial charge >= 0.3 is 0 Å².